The number of carboxylic acids is 1. The van der Waals surface area contributed by atoms with Gasteiger partial charge < -0.3 is 15.3 Å². The van der Waals surface area contributed by atoms with Crippen molar-refractivity contribution < 1.29 is 20.1 Å². The fraction of sp³-hybridized carbons (Fsp3) is 0.917. The fourth-order valence-electron chi connectivity index (χ4n) is 1.73. The summed E-state index contributed by atoms with van der Waals surface area (Å²) < 4.78 is 0. The summed E-state index contributed by atoms with van der Waals surface area (Å²) in [4.78, 5) is 11.0. The molecule has 0 amide bonds. The Bertz CT molecular complexity index is 219. The van der Waals surface area contributed by atoms with Crippen LogP contribution < -0.4 is 5.32 Å². The molecule has 0 fully saturated rings. The van der Waals surface area contributed by atoms with Crippen LogP contribution in [-0.2, 0) is 4.79 Å². The zero-order chi connectivity index (χ0) is 13.4. The Balaban J connectivity index is 4.39. The number of rotatable bonds is 9. The van der Waals surface area contributed by atoms with Gasteiger partial charge in [0.2, 0.25) is 0 Å². The van der Waals surface area contributed by atoms with Crippen LogP contribution in [0.2, 0.25) is 0 Å². The summed E-state index contributed by atoms with van der Waals surface area (Å²) in [5.74, 6) is -0.664. The van der Waals surface area contributed by atoms with Gasteiger partial charge in [-0.1, -0.05) is 33.6 Å². The smallest absolute Gasteiger partial charge is 0.320 e. The van der Waals surface area contributed by atoms with Gasteiger partial charge in [-0.05, 0) is 18.8 Å². The molecular formula is C12H25NO4. The fourth-order valence-corrected chi connectivity index (χ4v) is 1.73. The number of nitrogens with one attached hydrogen (secondary N) is 1. The molecule has 0 radical (unpaired) electrons. The first-order valence-electron chi connectivity index (χ1n) is 6.23. The highest BCUT2D eigenvalue weighted by Crippen LogP contribution is 2.10. The largest absolute Gasteiger partial charge is 0.480 e. The second kappa shape index (κ2) is 8.44. The highest BCUT2D eigenvalue weighted by Gasteiger charge is 2.25. The molecule has 102 valence electrons. The number of carboxylic acid groups (broad SMARTS) is 1. The summed E-state index contributed by atoms with van der Waals surface area (Å²) in [6.07, 6.45) is 1.24. The molecule has 2 unspecified atom stereocenters. The van der Waals surface area contributed by atoms with Crippen molar-refractivity contribution in [1.29, 1.82) is 0 Å². The van der Waals surface area contributed by atoms with E-state index in [1.807, 2.05) is 20.8 Å². The third kappa shape index (κ3) is 7.31. The van der Waals surface area contributed by atoms with Crippen LogP contribution in [0.1, 0.15) is 46.5 Å². The standard InChI is InChI=1S/C12H25NO4/c1-4-5-6-9(11(14)15)13-10(12(16)17)7-8(2)3/h8-10,12-13,16-17H,4-7H2,1-3H3,(H,14,15). The lowest BCUT2D eigenvalue weighted by Gasteiger charge is -2.26. The summed E-state index contributed by atoms with van der Waals surface area (Å²) in [5, 5.41) is 30.3. The van der Waals surface area contributed by atoms with Crippen LogP contribution in [0.4, 0.5) is 0 Å². The number of hydrogen-bond donors (Lipinski definition) is 4. The molecule has 0 saturated heterocycles. The highest BCUT2D eigenvalue weighted by molar-refractivity contribution is 5.73. The minimum absolute atomic E-state index is 0.273. The molecule has 0 aliphatic heterocycles. The summed E-state index contributed by atoms with van der Waals surface area (Å²) in [7, 11) is 0. The first-order valence-corrected chi connectivity index (χ1v) is 6.23. The molecule has 0 aromatic carbocycles. The third-order valence-corrected chi connectivity index (χ3v) is 2.64. The van der Waals surface area contributed by atoms with Gasteiger partial charge >= 0.3 is 5.97 Å². The Hall–Kier alpha value is -0.650. The summed E-state index contributed by atoms with van der Waals surface area (Å²) in [6.45, 7) is 5.91. The van der Waals surface area contributed by atoms with Crippen molar-refractivity contribution in [1.82, 2.24) is 5.32 Å². The second-order valence-electron chi connectivity index (χ2n) is 4.85. The molecule has 5 heteroatoms. The van der Waals surface area contributed by atoms with Gasteiger partial charge in [-0.3, -0.25) is 10.1 Å². The zero-order valence-corrected chi connectivity index (χ0v) is 10.9. The Kier molecular flexibility index (Phi) is 8.12. The number of aliphatic hydroxyl groups is 2. The molecule has 0 saturated carbocycles. The van der Waals surface area contributed by atoms with Crippen molar-refractivity contribution in [3.05, 3.63) is 0 Å². The molecule has 0 spiro atoms. The molecule has 0 rings (SSSR count). The minimum Gasteiger partial charge on any atom is -0.480 e. The quantitative estimate of drug-likeness (QED) is 0.455. The van der Waals surface area contributed by atoms with Gasteiger partial charge in [-0.15, -0.1) is 0 Å². The Morgan fingerprint density at radius 3 is 2.24 bits per heavy atom. The van der Waals surface area contributed by atoms with Crippen molar-refractivity contribution in [2.45, 2.75) is 64.8 Å². The maximum Gasteiger partial charge on any atom is 0.320 e. The maximum absolute atomic E-state index is 11.0. The van der Waals surface area contributed by atoms with Crippen LogP contribution in [-0.4, -0.2) is 39.7 Å². The van der Waals surface area contributed by atoms with Gasteiger partial charge in [-0.2, -0.15) is 0 Å². The van der Waals surface area contributed by atoms with E-state index in [-0.39, 0.29) is 5.92 Å². The minimum atomic E-state index is -1.53. The Morgan fingerprint density at radius 1 is 1.29 bits per heavy atom. The van der Waals surface area contributed by atoms with Gasteiger partial charge in [0, 0.05) is 0 Å². The normalized spacial score (nSPS) is 15.2. The lowest BCUT2D eigenvalue weighted by atomic mass is 10.0. The van der Waals surface area contributed by atoms with Crippen LogP contribution in [0.3, 0.4) is 0 Å². The predicted octanol–water partition coefficient (Wildman–Crippen LogP) is 0.945. The van der Waals surface area contributed by atoms with E-state index in [0.29, 0.717) is 12.8 Å². The summed E-state index contributed by atoms with van der Waals surface area (Å²) in [5.41, 5.74) is 0. The van der Waals surface area contributed by atoms with E-state index in [1.54, 1.807) is 0 Å². The van der Waals surface area contributed by atoms with Gasteiger partial charge in [0.25, 0.3) is 0 Å². The molecule has 0 aliphatic carbocycles. The van der Waals surface area contributed by atoms with E-state index >= 15 is 0 Å². The first-order chi connectivity index (χ1) is 7.88. The van der Waals surface area contributed by atoms with E-state index in [1.165, 1.54) is 0 Å². The lowest BCUT2D eigenvalue weighted by molar-refractivity contribution is -0.141. The van der Waals surface area contributed by atoms with Crippen molar-refractivity contribution in [3.8, 4) is 0 Å². The predicted molar refractivity (Wildman–Crippen MR) is 65.6 cm³/mol. The van der Waals surface area contributed by atoms with Crippen LogP contribution in [0.25, 0.3) is 0 Å². The van der Waals surface area contributed by atoms with Gasteiger partial charge in [0.15, 0.2) is 6.29 Å². The number of hydrogen-bond acceptors (Lipinski definition) is 4. The zero-order valence-electron chi connectivity index (χ0n) is 10.9. The van der Waals surface area contributed by atoms with Crippen LogP contribution >= 0.6 is 0 Å². The highest BCUT2D eigenvalue weighted by atomic mass is 16.5. The molecule has 0 aromatic heterocycles. The second-order valence-corrected chi connectivity index (χ2v) is 4.85. The van der Waals surface area contributed by atoms with Crippen molar-refractivity contribution >= 4 is 5.97 Å². The van der Waals surface area contributed by atoms with E-state index in [0.717, 1.165) is 12.8 Å². The average molecular weight is 247 g/mol. The van der Waals surface area contributed by atoms with Crippen LogP contribution in [0.5, 0.6) is 0 Å². The number of aliphatic carboxylic acids is 1. The van der Waals surface area contributed by atoms with E-state index in [4.69, 9.17) is 5.11 Å². The summed E-state index contributed by atoms with van der Waals surface area (Å²) >= 11 is 0. The van der Waals surface area contributed by atoms with E-state index in [9.17, 15) is 15.0 Å². The molecule has 0 bridgehead atoms. The third-order valence-electron chi connectivity index (χ3n) is 2.64. The van der Waals surface area contributed by atoms with Gasteiger partial charge in [0.1, 0.15) is 6.04 Å². The Morgan fingerprint density at radius 2 is 1.88 bits per heavy atom. The van der Waals surface area contributed by atoms with Crippen molar-refractivity contribution in [2.24, 2.45) is 5.92 Å². The van der Waals surface area contributed by atoms with Crippen molar-refractivity contribution in [2.75, 3.05) is 0 Å². The molecule has 0 aliphatic rings. The molecule has 17 heavy (non-hydrogen) atoms. The summed E-state index contributed by atoms with van der Waals surface area (Å²) in [6, 6.07) is -1.30. The molecular weight excluding hydrogens is 222 g/mol. The SMILES string of the molecule is CCCCC(NC(CC(C)C)C(O)O)C(=O)O. The number of carbonyl (C=O) groups is 1. The number of unbranched alkanes of at least 4 members (excludes halogenated alkanes) is 1. The topological polar surface area (TPSA) is 89.8 Å². The molecule has 0 aromatic rings. The van der Waals surface area contributed by atoms with Crippen LogP contribution in [0.15, 0.2) is 0 Å². The average Bonchev–Trinajstić information content (AvgIpc) is 2.21. The maximum atomic E-state index is 11.0. The Labute approximate surface area is 103 Å². The van der Waals surface area contributed by atoms with Gasteiger partial charge in [0.05, 0.1) is 6.04 Å². The molecule has 0 heterocycles. The van der Waals surface area contributed by atoms with E-state index in [2.05, 4.69) is 5.32 Å². The lowest BCUT2D eigenvalue weighted by Crippen LogP contribution is -2.49. The molecule has 5 nitrogen and oxygen atoms in total. The first kappa shape index (κ1) is 16.4. The monoisotopic (exact) mass is 247 g/mol. The molecule has 4 N–H and O–H groups in total. The molecule has 2 atom stereocenters. The van der Waals surface area contributed by atoms with Gasteiger partial charge in [-0.25, -0.2) is 0 Å². The van der Waals surface area contributed by atoms with Crippen LogP contribution in [0, 0.1) is 5.92 Å². The van der Waals surface area contributed by atoms with E-state index < -0.39 is 24.3 Å². The number of aliphatic hydroxyl groups excluding tert-OH is 1. The van der Waals surface area contributed by atoms with Crippen molar-refractivity contribution in [3.63, 3.8) is 0 Å².